The summed E-state index contributed by atoms with van der Waals surface area (Å²) in [5.41, 5.74) is 2.36. The Morgan fingerprint density at radius 3 is 2.78 bits per heavy atom. The number of methoxy groups -OCH3 is 1. The van der Waals surface area contributed by atoms with Gasteiger partial charge in [-0.3, -0.25) is 9.78 Å². The van der Waals surface area contributed by atoms with Crippen LogP contribution in [0.15, 0.2) is 48.8 Å². The molecule has 1 N–H and O–H groups in total. The van der Waals surface area contributed by atoms with Crippen molar-refractivity contribution < 1.29 is 9.53 Å². The third kappa shape index (κ3) is 3.15. The molecule has 1 aromatic carbocycles. The number of anilines is 1. The molecule has 0 aliphatic heterocycles. The number of nitrogens with zero attached hydrogens (tertiary/aromatic N) is 1. The summed E-state index contributed by atoms with van der Waals surface area (Å²) in [7, 11) is 1.64. The van der Waals surface area contributed by atoms with Gasteiger partial charge in [-0.1, -0.05) is 12.1 Å². The van der Waals surface area contributed by atoms with Crippen molar-refractivity contribution in [1.29, 1.82) is 0 Å². The zero-order chi connectivity index (χ0) is 12.8. The molecule has 18 heavy (non-hydrogen) atoms. The fraction of sp³-hybridized carbons (Fsp3) is 0.143. The van der Waals surface area contributed by atoms with E-state index in [4.69, 9.17) is 4.74 Å². The highest BCUT2D eigenvalue weighted by Gasteiger charge is 2.05. The first-order valence-electron chi connectivity index (χ1n) is 5.59. The minimum atomic E-state index is -0.146. The third-order valence-electron chi connectivity index (χ3n) is 2.44. The number of aromatic nitrogens is 1. The van der Waals surface area contributed by atoms with Crippen molar-refractivity contribution in [2.75, 3.05) is 12.4 Å². The standard InChI is InChI=1S/C14H14N2O2/c1-18-10-11-3-2-4-13(9-11)16-14(17)12-5-7-15-8-6-12/h2-9H,10H2,1H3,(H,16,17). The van der Waals surface area contributed by atoms with Crippen LogP contribution in [0.4, 0.5) is 5.69 Å². The number of amides is 1. The van der Waals surface area contributed by atoms with E-state index in [0.29, 0.717) is 12.2 Å². The molecule has 0 fully saturated rings. The van der Waals surface area contributed by atoms with Gasteiger partial charge in [0.25, 0.3) is 5.91 Å². The van der Waals surface area contributed by atoms with Crippen LogP contribution < -0.4 is 5.32 Å². The maximum Gasteiger partial charge on any atom is 0.255 e. The lowest BCUT2D eigenvalue weighted by atomic mass is 10.2. The summed E-state index contributed by atoms with van der Waals surface area (Å²) in [5.74, 6) is -0.146. The van der Waals surface area contributed by atoms with E-state index in [0.717, 1.165) is 11.3 Å². The first kappa shape index (κ1) is 12.3. The van der Waals surface area contributed by atoms with Crippen molar-refractivity contribution in [3.05, 3.63) is 59.9 Å². The fourth-order valence-electron chi connectivity index (χ4n) is 1.61. The summed E-state index contributed by atoms with van der Waals surface area (Å²) in [4.78, 5) is 15.8. The van der Waals surface area contributed by atoms with Crippen molar-refractivity contribution in [3.63, 3.8) is 0 Å². The molecule has 4 heteroatoms. The molecule has 0 radical (unpaired) electrons. The highest BCUT2D eigenvalue weighted by Crippen LogP contribution is 2.12. The van der Waals surface area contributed by atoms with Gasteiger partial charge >= 0.3 is 0 Å². The van der Waals surface area contributed by atoms with Crippen molar-refractivity contribution in [2.24, 2.45) is 0 Å². The zero-order valence-corrected chi connectivity index (χ0v) is 10.1. The Labute approximate surface area is 106 Å². The van der Waals surface area contributed by atoms with Crippen LogP contribution in [0, 0.1) is 0 Å². The molecule has 92 valence electrons. The fourth-order valence-corrected chi connectivity index (χ4v) is 1.61. The van der Waals surface area contributed by atoms with E-state index in [1.54, 1.807) is 31.6 Å². The molecule has 0 atom stereocenters. The quantitative estimate of drug-likeness (QED) is 0.896. The van der Waals surface area contributed by atoms with Crippen molar-refractivity contribution in [1.82, 2.24) is 4.98 Å². The molecule has 1 aromatic heterocycles. The van der Waals surface area contributed by atoms with Gasteiger partial charge in [0.1, 0.15) is 0 Å². The molecule has 1 heterocycles. The first-order chi connectivity index (χ1) is 8.79. The molecule has 0 aliphatic carbocycles. The topological polar surface area (TPSA) is 51.2 Å². The van der Waals surface area contributed by atoms with Crippen molar-refractivity contribution in [2.45, 2.75) is 6.61 Å². The number of hydrogen-bond donors (Lipinski definition) is 1. The Hall–Kier alpha value is -2.20. The monoisotopic (exact) mass is 242 g/mol. The normalized spacial score (nSPS) is 10.1. The predicted molar refractivity (Wildman–Crippen MR) is 69.3 cm³/mol. The predicted octanol–water partition coefficient (Wildman–Crippen LogP) is 2.48. The zero-order valence-electron chi connectivity index (χ0n) is 10.1. The number of carbonyl (C=O) groups is 1. The van der Waals surface area contributed by atoms with E-state index < -0.39 is 0 Å². The lowest BCUT2D eigenvalue weighted by Crippen LogP contribution is -2.11. The number of hydrogen-bond acceptors (Lipinski definition) is 3. The molecule has 2 aromatic rings. The molecule has 0 unspecified atom stereocenters. The van der Waals surface area contributed by atoms with Gasteiger partial charge in [0.2, 0.25) is 0 Å². The number of ether oxygens (including phenoxy) is 1. The van der Waals surface area contributed by atoms with E-state index in [2.05, 4.69) is 10.3 Å². The number of carbonyl (C=O) groups excluding carboxylic acids is 1. The SMILES string of the molecule is COCc1cccc(NC(=O)c2ccncc2)c1. The largest absolute Gasteiger partial charge is 0.380 e. The molecular formula is C14H14N2O2. The summed E-state index contributed by atoms with van der Waals surface area (Å²) in [6.07, 6.45) is 3.19. The van der Waals surface area contributed by atoms with E-state index in [9.17, 15) is 4.79 Å². The average Bonchev–Trinajstić information content (AvgIpc) is 2.40. The maximum atomic E-state index is 11.9. The number of rotatable bonds is 4. The van der Waals surface area contributed by atoms with Gasteiger partial charge in [0, 0.05) is 30.8 Å². The Bertz CT molecular complexity index is 526. The van der Waals surface area contributed by atoms with Crippen LogP contribution in [0.2, 0.25) is 0 Å². The molecular weight excluding hydrogens is 228 g/mol. The molecule has 0 saturated carbocycles. The second kappa shape index (κ2) is 5.93. The number of benzene rings is 1. The minimum absolute atomic E-state index is 0.146. The second-order valence-electron chi connectivity index (χ2n) is 3.82. The highest BCUT2D eigenvalue weighted by atomic mass is 16.5. The Morgan fingerprint density at radius 2 is 2.06 bits per heavy atom. The van der Waals surface area contributed by atoms with E-state index in [1.807, 2.05) is 24.3 Å². The second-order valence-corrected chi connectivity index (χ2v) is 3.82. The summed E-state index contributed by atoms with van der Waals surface area (Å²) < 4.78 is 5.05. The van der Waals surface area contributed by atoms with Crippen LogP contribution in [0.1, 0.15) is 15.9 Å². The van der Waals surface area contributed by atoms with Gasteiger partial charge in [-0.15, -0.1) is 0 Å². The molecule has 1 amide bonds. The van der Waals surface area contributed by atoms with Crippen molar-refractivity contribution >= 4 is 11.6 Å². The number of nitrogens with one attached hydrogen (secondary N) is 1. The van der Waals surface area contributed by atoms with Gasteiger partial charge in [0.05, 0.1) is 6.61 Å². The molecule has 0 bridgehead atoms. The maximum absolute atomic E-state index is 11.9. The summed E-state index contributed by atoms with van der Waals surface area (Å²) >= 11 is 0. The Kier molecular flexibility index (Phi) is 4.04. The summed E-state index contributed by atoms with van der Waals surface area (Å²) in [6.45, 7) is 0.527. The van der Waals surface area contributed by atoms with Crippen LogP contribution in [0.5, 0.6) is 0 Å². The van der Waals surface area contributed by atoms with Crippen LogP contribution in [-0.4, -0.2) is 18.0 Å². The van der Waals surface area contributed by atoms with Gasteiger partial charge in [0.15, 0.2) is 0 Å². The molecule has 4 nitrogen and oxygen atoms in total. The van der Waals surface area contributed by atoms with E-state index >= 15 is 0 Å². The van der Waals surface area contributed by atoms with Gasteiger partial charge < -0.3 is 10.1 Å². The lowest BCUT2D eigenvalue weighted by molar-refractivity contribution is 0.102. The van der Waals surface area contributed by atoms with Gasteiger partial charge in [-0.25, -0.2) is 0 Å². The Morgan fingerprint density at radius 1 is 1.28 bits per heavy atom. The molecule has 0 aliphatic rings. The van der Waals surface area contributed by atoms with E-state index in [-0.39, 0.29) is 5.91 Å². The first-order valence-corrected chi connectivity index (χ1v) is 5.59. The van der Waals surface area contributed by atoms with Crippen LogP contribution in [-0.2, 0) is 11.3 Å². The Balaban J connectivity index is 2.10. The number of pyridine rings is 1. The van der Waals surface area contributed by atoms with Crippen LogP contribution in [0.25, 0.3) is 0 Å². The molecule has 2 rings (SSSR count). The van der Waals surface area contributed by atoms with Crippen LogP contribution in [0.3, 0.4) is 0 Å². The summed E-state index contributed by atoms with van der Waals surface area (Å²) in [6, 6.07) is 10.9. The smallest absolute Gasteiger partial charge is 0.255 e. The van der Waals surface area contributed by atoms with Crippen LogP contribution >= 0.6 is 0 Å². The van der Waals surface area contributed by atoms with Crippen molar-refractivity contribution in [3.8, 4) is 0 Å². The molecule has 0 spiro atoms. The average molecular weight is 242 g/mol. The summed E-state index contributed by atoms with van der Waals surface area (Å²) in [5, 5.41) is 2.83. The van der Waals surface area contributed by atoms with E-state index in [1.165, 1.54) is 0 Å². The minimum Gasteiger partial charge on any atom is -0.380 e. The lowest BCUT2D eigenvalue weighted by Gasteiger charge is -2.07. The van der Waals surface area contributed by atoms with Gasteiger partial charge in [-0.2, -0.15) is 0 Å². The highest BCUT2D eigenvalue weighted by molar-refractivity contribution is 6.04. The molecule has 0 saturated heterocycles. The third-order valence-corrected chi connectivity index (χ3v) is 2.44. The van der Waals surface area contributed by atoms with Gasteiger partial charge in [-0.05, 0) is 29.8 Å².